The van der Waals surface area contributed by atoms with Crippen molar-refractivity contribution >= 4 is 22.8 Å². The summed E-state index contributed by atoms with van der Waals surface area (Å²) in [5, 5.41) is 3.46. The molecule has 32 heavy (non-hydrogen) atoms. The van der Waals surface area contributed by atoms with Crippen molar-refractivity contribution in [2.75, 3.05) is 18.2 Å². The van der Waals surface area contributed by atoms with E-state index in [1.54, 1.807) is 19.4 Å². The number of nitrogens with one attached hydrogen (secondary N) is 1. The third-order valence-electron chi connectivity index (χ3n) is 5.50. The van der Waals surface area contributed by atoms with Gasteiger partial charge in [0.15, 0.2) is 0 Å². The van der Waals surface area contributed by atoms with Gasteiger partial charge >= 0.3 is 0 Å². The third-order valence-corrected chi connectivity index (χ3v) is 5.50. The summed E-state index contributed by atoms with van der Waals surface area (Å²) in [6, 6.07) is 20.3. The van der Waals surface area contributed by atoms with Gasteiger partial charge in [0.25, 0.3) is 0 Å². The molecule has 0 aliphatic carbocycles. The van der Waals surface area contributed by atoms with Crippen LogP contribution in [0.5, 0.6) is 5.75 Å². The number of hydrogen-bond donors (Lipinski definition) is 2. The lowest BCUT2D eigenvalue weighted by Crippen LogP contribution is -2.21. The minimum absolute atomic E-state index is 0.0983. The SMILES string of the molecule is CCC1C=C(c2ccc(OC)c(N)c2)C=CN=C1Nc1cccc(-c2cccc(F)c2)c1. The zero-order chi connectivity index (χ0) is 22.5. The van der Waals surface area contributed by atoms with Gasteiger partial charge in [-0.15, -0.1) is 0 Å². The fraction of sp³-hybridized carbons (Fsp3) is 0.148. The highest BCUT2D eigenvalue weighted by atomic mass is 19.1. The van der Waals surface area contributed by atoms with Crippen LogP contribution in [0.15, 0.2) is 90.1 Å². The van der Waals surface area contributed by atoms with E-state index in [4.69, 9.17) is 10.5 Å². The molecule has 0 bridgehead atoms. The molecule has 1 unspecified atom stereocenters. The van der Waals surface area contributed by atoms with E-state index < -0.39 is 0 Å². The van der Waals surface area contributed by atoms with Crippen LogP contribution < -0.4 is 15.8 Å². The molecule has 0 radical (unpaired) electrons. The van der Waals surface area contributed by atoms with Crippen LogP contribution in [0.4, 0.5) is 15.8 Å². The number of nitrogens with zero attached hydrogens (tertiary/aromatic N) is 1. The molecule has 0 saturated heterocycles. The predicted molar refractivity (Wildman–Crippen MR) is 131 cm³/mol. The monoisotopic (exact) mass is 427 g/mol. The average Bonchev–Trinajstić information content (AvgIpc) is 3.01. The molecular formula is C27H26FN3O. The first-order valence-electron chi connectivity index (χ1n) is 10.6. The highest BCUT2D eigenvalue weighted by Crippen LogP contribution is 2.30. The van der Waals surface area contributed by atoms with Gasteiger partial charge in [-0.05, 0) is 71.2 Å². The molecule has 162 valence electrons. The van der Waals surface area contributed by atoms with Crippen molar-refractivity contribution < 1.29 is 9.13 Å². The Kier molecular flexibility index (Phi) is 6.36. The van der Waals surface area contributed by atoms with Crippen LogP contribution in [-0.4, -0.2) is 12.9 Å². The highest BCUT2D eigenvalue weighted by Gasteiger charge is 2.16. The van der Waals surface area contributed by atoms with E-state index in [1.807, 2.05) is 54.6 Å². The van der Waals surface area contributed by atoms with Gasteiger partial charge in [-0.1, -0.05) is 43.3 Å². The first kappa shape index (κ1) is 21.4. The molecule has 0 spiro atoms. The molecule has 0 amide bonds. The van der Waals surface area contributed by atoms with E-state index in [-0.39, 0.29) is 11.7 Å². The van der Waals surface area contributed by atoms with E-state index in [9.17, 15) is 4.39 Å². The zero-order valence-electron chi connectivity index (χ0n) is 18.2. The molecule has 0 saturated carbocycles. The van der Waals surface area contributed by atoms with Crippen molar-refractivity contribution in [3.8, 4) is 16.9 Å². The van der Waals surface area contributed by atoms with Crippen LogP contribution in [0.2, 0.25) is 0 Å². The minimum atomic E-state index is -0.248. The summed E-state index contributed by atoms with van der Waals surface area (Å²) in [6.45, 7) is 2.13. The van der Waals surface area contributed by atoms with Crippen LogP contribution in [0.25, 0.3) is 16.7 Å². The van der Waals surface area contributed by atoms with Crippen LogP contribution >= 0.6 is 0 Å². The zero-order valence-corrected chi connectivity index (χ0v) is 18.2. The second-order valence-electron chi connectivity index (χ2n) is 7.64. The van der Waals surface area contributed by atoms with Crippen molar-refractivity contribution in [3.63, 3.8) is 0 Å². The summed E-state index contributed by atoms with van der Waals surface area (Å²) in [4.78, 5) is 4.68. The third kappa shape index (κ3) is 4.72. The number of aliphatic imine (C=N–C) groups is 1. The maximum atomic E-state index is 13.6. The van der Waals surface area contributed by atoms with Crippen LogP contribution in [0.1, 0.15) is 18.9 Å². The van der Waals surface area contributed by atoms with Crippen molar-refractivity contribution in [2.45, 2.75) is 13.3 Å². The Balaban J connectivity index is 1.59. The summed E-state index contributed by atoms with van der Waals surface area (Å²) in [6.07, 6.45) is 6.88. The molecule has 0 aromatic heterocycles. The van der Waals surface area contributed by atoms with Gasteiger partial charge in [-0.3, -0.25) is 0 Å². The van der Waals surface area contributed by atoms with E-state index in [0.29, 0.717) is 11.4 Å². The fourth-order valence-electron chi connectivity index (χ4n) is 3.78. The highest BCUT2D eigenvalue weighted by molar-refractivity contribution is 6.01. The van der Waals surface area contributed by atoms with Crippen LogP contribution in [0.3, 0.4) is 0 Å². The summed E-state index contributed by atoms with van der Waals surface area (Å²) >= 11 is 0. The fourth-order valence-corrected chi connectivity index (χ4v) is 3.78. The van der Waals surface area contributed by atoms with Crippen molar-refractivity contribution in [2.24, 2.45) is 10.9 Å². The Bertz CT molecular complexity index is 1210. The van der Waals surface area contributed by atoms with E-state index in [1.165, 1.54) is 12.1 Å². The van der Waals surface area contributed by atoms with E-state index in [2.05, 4.69) is 23.3 Å². The van der Waals surface area contributed by atoms with E-state index >= 15 is 0 Å². The number of nitrogens with two attached hydrogens (primary N) is 1. The molecule has 1 aliphatic rings. The van der Waals surface area contributed by atoms with E-state index in [0.717, 1.165) is 40.2 Å². The Hall–Kier alpha value is -3.86. The van der Waals surface area contributed by atoms with Gasteiger partial charge in [-0.2, -0.15) is 0 Å². The minimum Gasteiger partial charge on any atom is -0.495 e. The molecule has 4 nitrogen and oxygen atoms in total. The van der Waals surface area contributed by atoms with Gasteiger partial charge < -0.3 is 15.8 Å². The number of halogens is 1. The lowest BCUT2D eigenvalue weighted by Gasteiger charge is -2.17. The maximum Gasteiger partial charge on any atom is 0.141 e. The van der Waals surface area contributed by atoms with Gasteiger partial charge in [0.1, 0.15) is 17.4 Å². The van der Waals surface area contributed by atoms with Gasteiger partial charge in [0.05, 0.1) is 12.8 Å². The molecule has 3 aromatic carbocycles. The lowest BCUT2D eigenvalue weighted by molar-refractivity contribution is 0.417. The van der Waals surface area contributed by atoms with Gasteiger partial charge in [0, 0.05) is 17.8 Å². The topological polar surface area (TPSA) is 59.6 Å². The average molecular weight is 428 g/mol. The molecule has 3 N–H and O–H groups in total. The second kappa shape index (κ2) is 9.52. The molecule has 4 rings (SSSR count). The summed E-state index contributed by atoms with van der Waals surface area (Å²) in [5.41, 5.74) is 11.5. The Morgan fingerprint density at radius 1 is 1.00 bits per heavy atom. The van der Waals surface area contributed by atoms with Crippen molar-refractivity contribution in [1.82, 2.24) is 0 Å². The maximum absolute atomic E-state index is 13.6. The Morgan fingerprint density at radius 2 is 1.78 bits per heavy atom. The lowest BCUT2D eigenvalue weighted by atomic mass is 9.97. The number of anilines is 2. The number of nitrogen functional groups attached to an aromatic ring is 1. The number of ether oxygens (including phenoxy) is 1. The van der Waals surface area contributed by atoms with Gasteiger partial charge in [0.2, 0.25) is 0 Å². The van der Waals surface area contributed by atoms with Gasteiger partial charge in [-0.25, -0.2) is 9.38 Å². The number of methoxy groups -OCH3 is 1. The normalized spacial score (nSPS) is 15.5. The standard InChI is InChI=1S/C27H26FN3O/c1-3-18-14-22(21-10-11-26(32-2)25(29)17-21)12-13-30-27(18)31-24-9-5-7-20(16-24)19-6-4-8-23(28)15-19/h4-18H,3,29H2,1-2H3,(H,30,31). The number of rotatable bonds is 5. The van der Waals surface area contributed by atoms with Crippen LogP contribution in [0, 0.1) is 11.7 Å². The first-order chi connectivity index (χ1) is 15.6. The summed E-state index contributed by atoms with van der Waals surface area (Å²) < 4.78 is 18.9. The smallest absolute Gasteiger partial charge is 0.141 e. The molecule has 1 atom stereocenters. The van der Waals surface area contributed by atoms with Crippen molar-refractivity contribution in [3.05, 3.63) is 96.5 Å². The molecule has 1 aliphatic heterocycles. The summed E-state index contributed by atoms with van der Waals surface area (Å²) in [5.74, 6) is 1.37. The number of benzene rings is 3. The second-order valence-corrected chi connectivity index (χ2v) is 7.64. The molecule has 5 heteroatoms. The largest absolute Gasteiger partial charge is 0.495 e. The van der Waals surface area contributed by atoms with Crippen molar-refractivity contribution in [1.29, 1.82) is 0 Å². The number of hydrogen-bond acceptors (Lipinski definition) is 4. The molecule has 3 aromatic rings. The van der Waals surface area contributed by atoms with Crippen LogP contribution in [-0.2, 0) is 0 Å². The Labute approximate surface area is 188 Å². The quantitative estimate of drug-likeness (QED) is 0.455. The molecular weight excluding hydrogens is 401 g/mol. The molecule has 1 heterocycles. The predicted octanol–water partition coefficient (Wildman–Crippen LogP) is 6.53. The first-order valence-corrected chi connectivity index (χ1v) is 10.6. The summed E-state index contributed by atoms with van der Waals surface area (Å²) in [7, 11) is 1.61. The Morgan fingerprint density at radius 3 is 2.50 bits per heavy atom. The number of amidine groups is 1. The number of allylic oxidation sites excluding steroid dienone is 2. The molecule has 0 fully saturated rings.